The normalized spacial score (nSPS) is 16.8. The van der Waals surface area contributed by atoms with Crippen molar-refractivity contribution in [1.82, 2.24) is 19.7 Å². The van der Waals surface area contributed by atoms with Crippen molar-refractivity contribution in [2.45, 2.75) is 25.7 Å². The molecule has 7 heteroatoms. The van der Waals surface area contributed by atoms with Gasteiger partial charge < -0.3 is 11.1 Å². The van der Waals surface area contributed by atoms with E-state index in [-0.39, 0.29) is 5.91 Å². The number of carbonyl (C=O) groups is 1. The Hall–Kier alpha value is -2.28. The van der Waals surface area contributed by atoms with Crippen molar-refractivity contribution >= 4 is 11.6 Å². The molecule has 2 aromatic heterocycles. The van der Waals surface area contributed by atoms with Crippen LogP contribution in [0.5, 0.6) is 0 Å². The van der Waals surface area contributed by atoms with Crippen LogP contribution in [0.4, 0.5) is 5.69 Å². The van der Waals surface area contributed by atoms with Gasteiger partial charge in [-0.25, -0.2) is 14.6 Å². The Balaban J connectivity index is 1.87. The molecule has 0 aliphatic heterocycles. The first-order valence-corrected chi connectivity index (χ1v) is 7.07. The SMILES string of the molecule is NCC1(C(=O)Nc2cccnc2-n2cncn2)CCCC1. The second-order valence-electron chi connectivity index (χ2n) is 5.36. The van der Waals surface area contributed by atoms with E-state index < -0.39 is 5.41 Å². The number of nitrogens with zero attached hydrogens (tertiary/aromatic N) is 4. The summed E-state index contributed by atoms with van der Waals surface area (Å²) in [4.78, 5) is 20.8. The fourth-order valence-corrected chi connectivity index (χ4v) is 2.83. The minimum atomic E-state index is -0.449. The third kappa shape index (κ3) is 2.52. The molecule has 110 valence electrons. The molecule has 0 atom stereocenters. The number of nitrogens with one attached hydrogen (secondary N) is 1. The van der Waals surface area contributed by atoms with E-state index in [1.807, 2.05) is 0 Å². The van der Waals surface area contributed by atoms with Crippen LogP contribution in [0.3, 0.4) is 0 Å². The lowest BCUT2D eigenvalue weighted by Crippen LogP contribution is -2.40. The van der Waals surface area contributed by atoms with Gasteiger partial charge in [-0.3, -0.25) is 4.79 Å². The maximum absolute atomic E-state index is 12.6. The average molecular weight is 286 g/mol. The van der Waals surface area contributed by atoms with Crippen molar-refractivity contribution in [2.75, 3.05) is 11.9 Å². The highest BCUT2D eigenvalue weighted by atomic mass is 16.2. The van der Waals surface area contributed by atoms with Crippen LogP contribution >= 0.6 is 0 Å². The highest BCUT2D eigenvalue weighted by molar-refractivity contribution is 5.97. The molecule has 0 saturated heterocycles. The first-order chi connectivity index (χ1) is 10.2. The number of nitrogens with two attached hydrogens (primary N) is 1. The van der Waals surface area contributed by atoms with Gasteiger partial charge in [0, 0.05) is 12.7 Å². The number of carbonyl (C=O) groups excluding carboxylic acids is 1. The van der Waals surface area contributed by atoms with Gasteiger partial charge in [-0.2, -0.15) is 5.10 Å². The molecule has 2 heterocycles. The molecular formula is C14H18N6O. The molecule has 1 fully saturated rings. The van der Waals surface area contributed by atoms with E-state index in [4.69, 9.17) is 5.73 Å². The highest BCUT2D eigenvalue weighted by Gasteiger charge is 2.40. The van der Waals surface area contributed by atoms with Gasteiger partial charge in [0.15, 0.2) is 5.82 Å². The van der Waals surface area contributed by atoms with Crippen LogP contribution in [-0.2, 0) is 4.79 Å². The molecule has 1 aliphatic carbocycles. The summed E-state index contributed by atoms with van der Waals surface area (Å²) in [6.07, 6.45) is 8.41. The number of amides is 1. The van der Waals surface area contributed by atoms with E-state index in [1.165, 1.54) is 11.0 Å². The van der Waals surface area contributed by atoms with Gasteiger partial charge in [0.25, 0.3) is 0 Å². The summed E-state index contributed by atoms with van der Waals surface area (Å²) in [7, 11) is 0. The van der Waals surface area contributed by atoms with Crippen LogP contribution < -0.4 is 11.1 Å². The zero-order valence-electron chi connectivity index (χ0n) is 11.7. The van der Waals surface area contributed by atoms with Crippen LogP contribution in [0.25, 0.3) is 5.82 Å². The Morgan fingerprint density at radius 3 is 2.90 bits per heavy atom. The number of pyridine rings is 1. The number of rotatable bonds is 4. The van der Waals surface area contributed by atoms with Gasteiger partial charge in [0.2, 0.25) is 5.91 Å². The highest BCUT2D eigenvalue weighted by Crippen LogP contribution is 2.38. The summed E-state index contributed by atoms with van der Waals surface area (Å²) < 4.78 is 1.53. The maximum Gasteiger partial charge on any atom is 0.231 e. The van der Waals surface area contributed by atoms with E-state index >= 15 is 0 Å². The van der Waals surface area contributed by atoms with Crippen LogP contribution in [0.2, 0.25) is 0 Å². The lowest BCUT2D eigenvalue weighted by molar-refractivity contribution is -0.124. The summed E-state index contributed by atoms with van der Waals surface area (Å²) >= 11 is 0. The molecule has 2 aromatic rings. The molecule has 0 unspecified atom stereocenters. The third-order valence-corrected chi connectivity index (χ3v) is 4.10. The minimum Gasteiger partial charge on any atom is -0.329 e. The average Bonchev–Trinajstić information content (AvgIpc) is 3.20. The first kappa shape index (κ1) is 13.7. The molecule has 7 nitrogen and oxygen atoms in total. The third-order valence-electron chi connectivity index (χ3n) is 4.10. The van der Waals surface area contributed by atoms with Gasteiger partial charge in [-0.05, 0) is 25.0 Å². The fraction of sp³-hybridized carbons (Fsp3) is 0.429. The zero-order valence-corrected chi connectivity index (χ0v) is 11.7. The molecule has 1 saturated carbocycles. The predicted molar refractivity (Wildman–Crippen MR) is 77.7 cm³/mol. The van der Waals surface area contributed by atoms with Crippen molar-refractivity contribution in [2.24, 2.45) is 11.1 Å². The summed E-state index contributed by atoms with van der Waals surface area (Å²) in [5.41, 5.74) is 6.02. The van der Waals surface area contributed by atoms with Gasteiger partial charge >= 0.3 is 0 Å². The second-order valence-corrected chi connectivity index (χ2v) is 5.36. The second kappa shape index (κ2) is 5.61. The lowest BCUT2D eigenvalue weighted by Gasteiger charge is -2.26. The van der Waals surface area contributed by atoms with Gasteiger partial charge in [0.05, 0.1) is 11.1 Å². The van der Waals surface area contributed by atoms with E-state index in [2.05, 4.69) is 20.4 Å². The van der Waals surface area contributed by atoms with Crippen molar-refractivity contribution in [3.05, 3.63) is 31.0 Å². The molecule has 1 aliphatic rings. The topological polar surface area (TPSA) is 98.7 Å². The molecule has 3 N–H and O–H groups in total. The van der Waals surface area contributed by atoms with Gasteiger partial charge in [0.1, 0.15) is 12.7 Å². The molecule has 3 rings (SSSR count). The van der Waals surface area contributed by atoms with E-state index in [0.717, 1.165) is 25.7 Å². The maximum atomic E-state index is 12.6. The van der Waals surface area contributed by atoms with Crippen LogP contribution in [0, 0.1) is 5.41 Å². The van der Waals surface area contributed by atoms with Crippen LogP contribution in [0.1, 0.15) is 25.7 Å². The van der Waals surface area contributed by atoms with Crippen molar-refractivity contribution in [1.29, 1.82) is 0 Å². The smallest absolute Gasteiger partial charge is 0.231 e. The Bertz CT molecular complexity index is 618. The predicted octanol–water partition coefficient (Wildman–Crippen LogP) is 1.12. The van der Waals surface area contributed by atoms with Crippen molar-refractivity contribution in [3.63, 3.8) is 0 Å². The van der Waals surface area contributed by atoms with Crippen LogP contribution in [-0.4, -0.2) is 32.2 Å². The summed E-state index contributed by atoms with van der Waals surface area (Å²) in [6.45, 7) is 0.373. The number of hydrogen-bond acceptors (Lipinski definition) is 5. The van der Waals surface area contributed by atoms with E-state index in [0.29, 0.717) is 18.1 Å². The van der Waals surface area contributed by atoms with Crippen molar-refractivity contribution in [3.8, 4) is 5.82 Å². The summed E-state index contributed by atoms with van der Waals surface area (Å²) in [6, 6.07) is 3.58. The van der Waals surface area contributed by atoms with E-state index in [1.54, 1.807) is 24.7 Å². The lowest BCUT2D eigenvalue weighted by atomic mass is 9.85. The molecule has 0 bridgehead atoms. The largest absolute Gasteiger partial charge is 0.329 e. The Morgan fingerprint density at radius 2 is 2.24 bits per heavy atom. The Kier molecular flexibility index (Phi) is 3.66. The summed E-state index contributed by atoms with van der Waals surface area (Å²) in [5, 5.41) is 7.02. The number of anilines is 1. The number of hydrogen-bond donors (Lipinski definition) is 2. The van der Waals surface area contributed by atoms with Crippen LogP contribution in [0.15, 0.2) is 31.0 Å². The zero-order chi connectivity index (χ0) is 14.7. The molecule has 0 radical (unpaired) electrons. The fourth-order valence-electron chi connectivity index (χ4n) is 2.83. The Labute approximate surface area is 122 Å². The van der Waals surface area contributed by atoms with Gasteiger partial charge in [-0.15, -0.1) is 0 Å². The molecule has 21 heavy (non-hydrogen) atoms. The summed E-state index contributed by atoms with van der Waals surface area (Å²) in [5.74, 6) is 0.519. The quantitative estimate of drug-likeness (QED) is 0.877. The monoisotopic (exact) mass is 286 g/mol. The van der Waals surface area contributed by atoms with Crippen molar-refractivity contribution < 1.29 is 4.79 Å². The minimum absolute atomic E-state index is 0.0307. The van der Waals surface area contributed by atoms with E-state index in [9.17, 15) is 4.79 Å². The number of aromatic nitrogens is 4. The standard InChI is InChI=1S/C14H18N6O/c15-8-14(5-1-2-6-14)13(21)19-11-4-3-7-17-12(11)20-10-16-9-18-20/h3-4,7,9-10H,1-2,5-6,8,15H2,(H,19,21). The first-order valence-electron chi connectivity index (χ1n) is 7.07. The molecular weight excluding hydrogens is 268 g/mol. The molecule has 0 aromatic carbocycles. The Morgan fingerprint density at radius 1 is 1.43 bits per heavy atom. The molecule has 1 amide bonds. The molecule has 0 spiro atoms. The van der Waals surface area contributed by atoms with Gasteiger partial charge in [-0.1, -0.05) is 12.8 Å².